The normalized spacial score (nSPS) is 19.5. The molecule has 0 bridgehead atoms. The lowest BCUT2D eigenvalue weighted by Crippen LogP contribution is -2.52. The third-order valence-corrected chi connectivity index (χ3v) is 4.05. The number of hydrogen-bond donors (Lipinski definition) is 2. The second kappa shape index (κ2) is 10.5. The molecule has 130 valence electrons. The number of piperidine rings is 1. The number of halogens is 1. The minimum Gasteiger partial charge on any atom is -0.492 e. The van der Waals surface area contributed by atoms with Crippen molar-refractivity contribution in [3.05, 3.63) is 30.3 Å². The highest BCUT2D eigenvalue weighted by molar-refractivity contribution is 5.85. The van der Waals surface area contributed by atoms with Crippen LogP contribution in [0.2, 0.25) is 0 Å². The van der Waals surface area contributed by atoms with Crippen LogP contribution >= 0.6 is 12.4 Å². The molecular formula is C17H28ClN3O2. The molecule has 23 heavy (non-hydrogen) atoms. The van der Waals surface area contributed by atoms with Gasteiger partial charge in [-0.25, -0.2) is 0 Å². The van der Waals surface area contributed by atoms with Crippen molar-refractivity contribution in [1.29, 1.82) is 0 Å². The molecule has 0 aliphatic carbocycles. The average Bonchev–Trinajstić information content (AvgIpc) is 2.53. The molecule has 0 radical (unpaired) electrons. The Morgan fingerprint density at radius 3 is 2.83 bits per heavy atom. The zero-order chi connectivity index (χ0) is 15.8. The van der Waals surface area contributed by atoms with Gasteiger partial charge in [0.2, 0.25) is 5.91 Å². The van der Waals surface area contributed by atoms with Crippen molar-refractivity contribution in [2.45, 2.75) is 38.3 Å². The molecule has 1 saturated heterocycles. The van der Waals surface area contributed by atoms with E-state index in [1.165, 1.54) is 6.42 Å². The first-order valence-electron chi connectivity index (χ1n) is 8.11. The molecule has 1 aliphatic heterocycles. The van der Waals surface area contributed by atoms with Gasteiger partial charge in [-0.3, -0.25) is 9.69 Å². The summed E-state index contributed by atoms with van der Waals surface area (Å²) in [5, 5.41) is 2.91. The molecule has 2 atom stereocenters. The van der Waals surface area contributed by atoms with Crippen LogP contribution in [0.1, 0.15) is 26.2 Å². The predicted molar refractivity (Wildman–Crippen MR) is 95.1 cm³/mol. The second-order valence-corrected chi connectivity index (χ2v) is 5.90. The number of ether oxygens (including phenoxy) is 1. The monoisotopic (exact) mass is 341 g/mol. The number of rotatable bonds is 7. The number of amides is 1. The number of nitrogens with two attached hydrogens (primary N) is 1. The maximum Gasteiger partial charge on any atom is 0.234 e. The van der Waals surface area contributed by atoms with Gasteiger partial charge in [-0.2, -0.15) is 0 Å². The van der Waals surface area contributed by atoms with E-state index >= 15 is 0 Å². The number of likely N-dealkylation sites (tertiary alicyclic amines) is 1. The Morgan fingerprint density at radius 2 is 2.13 bits per heavy atom. The van der Waals surface area contributed by atoms with Gasteiger partial charge in [-0.15, -0.1) is 12.4 Å². The summed E-state index contributed by atoms with van der Waals surface area (Å²) >= 11 is 0. The lowest BCUT2D eigenvalue weighted by molar-refractivity contribution is -0.123. The van der Waals surface area contributed by atoms with Crippen molar-refractivity contribution in [3.8, 4) is 5.75 Å². The van der Waals surface area contributed by atoms with E-state index in [1.807, 2.05) is 37.3 Å². The number of carbonyl (C=O) groups excluding carboxylic acids is 1. The van der Waals surface area contributed by atoms with Crippen molar-refractivity contribution in [2.24, 2.45) is 5.73 Å². The van der Waals surface area contributed by atoms with Gasteiger partial charge in [0.15, 0.2) is 0 Å². The molecule has 0 spiro atoms. The molecular weight excluding hydrogens is 314 g/mol. The molecule has 3 N–H and O–H groups in total. The van der Waals surface area contributed by atoms with Gasteiger partial charge >= 0.3 is 0 Å². The highest BCUT2D eigenvalue weighted by Gasteiger charge is 2.26. The molecule has 5 nitrogen and oxygen atoms in total. The van der Waals surface area contributed by atoms with E-state index in [0.29, 0.717) is 25.7 Å². The number of hydrogen-bond acceptors (Lipinski definition) is 4. The van der Waals surface area contributed by atoms with Crippen LogP contribution in [-0.4, -0.2) is 49.1 Å². The van der Waals surface area contributed by atoms with Crippen LogP contribution < -0.4 is 15.8 Å². The molecule has 6 heteroatoms. The Bertz CT molecular complexity index is 456. The molecule has 2 rings (SSSR count). The SMILES string of the molecule is CC(N)C1CCCCN1CC(=O)NCCOc1ccccc1.Cl. The van der Waals surface area contributed by atoms with Crippen molar-refractivity contribution in [2.75, 3.05) is 26.2 Å². The zero-order valence-electron chi connectivity index (χ0n) is 13.7. The summed E-state index contributed by atoms with van der Waals surface area (Å²) in [6.45, 7) is 4.41. The molecule has 1 aromatic carbocycles. The fraction of sp³-hybridized carbons (Fsp3) is 0.588. The summed E-state index contributed by atoms with van der Waals surface area (Å²) < 4.78 is 5.56. The van der Waals surface area contributed by atoms with Crippen LogP contribution in [0.15, 0.2) is 30.3 Å². The van der Waals surface area contributed by atoms with Crippen LogP contribution in [0.25, 0.3) is 0 Å². The summed E-state index contributed by atoms with van der Waals surface area (Å²) in [5.41, 5.74) is 6.03. The van der Waals surface area contributed by atoms with E-state index in [9.17, 15) is 4.79 Å². The number of nitrogens with zero attached hydrogens (tertiary/aromatic N) is 1. The van der Waals surface area contributed by atoms with Gasteiger partial charge in [0.1, 0.15) is 12.4 Å². The van der Waals surface area contributed by atoms with Crippen LogP contribution in [-0.2, 0) is 4.79 Å². The summed E-state index contributed by atoms with van der Waals surface area (Å²) in [5.74, 6) is 0.869. The van der Waals surface area contributed by atoms with E-state index in [4.69, 9.17) is 10.5 Å². The van der Waals surface area contributed by atoms with E-state index in [1.54, 1.807) is 0 Å². The zero-order valence-corrected chi connectivity index (χ0v) is 14.6. The molecule has 0 saturated carbocycles. The smallest absolute Gasteiger partial charge is 0.234 e. The van der Waals surface area contributed by atoms with Crippen molar-refractivity contribution in [1.82, 2.24) is 10.2 Å². The summed E-state index contributed by atoms with van der Waals surface area (Å²) in [4.78, 5) is 14.3. The van der Waals surface area contributed by atoms with Crippen LogP contribution in [0.5, 0.6) is 5.75 Å². The topological polar surface area (TPSA) is 67.6 Å². The Morgan fingerprint density at radius 1 is 1.39 bits per heavy atom. The fourth-order valence-electron chi connectivity index (χ4n) is 2.92. The van der Waals surface area contributed by atoms with E-state index in [2.05, 4.69) is 10.2 Å². The van der Waals surface area contributed by atoms with Gasteiger partial charge in [0, 0.05) is 12.1 Å². The van der Waals surface area contributed by atoms with Gasteiger partial charge in [-0.1, -0.05) is 24.6 Å². The summed E-state index contributed by atoms with van der Waals surface area (Å²) in [7, 11) is 0. The Kier molecular flexibility index (Phi) is 8.99. The molecule has 1 aliphatic rings. The summed E-state index contributed by atoms with van der Waals surface area (Å²) in [6.07, 6.45) is 3.44. The lowest BCUT2D eigenvalue weighted by atomic mass is 9.97. The van der Waals surface area contributed by atoms with Gasteiger partial charge < -0.3 is 15.8 Å². The van der Waals surface area contributed by atoms with Crippen LogP contribution in [0.4, 0.5) is 0 Å². The first-order valence-corrected chi connectivity index (χ1v) is 8.11. The average molecular weight is 342 g/mol. The summed E-state index contributed by atoms with van der Waals surface area (Å²) in [6, 6.07) is 10.0. The molecule has 1 fully saturated rings. The maximum absolute atomic E-state index is 12.0. The minimum atomic E-state index is 0. The Hall–Kier alpha value is -1.30. The lowest BCUT2D eigenvalue weighted by Gasteiger charge is -2.37. The van der Waals surface area contributed by atoms with E-state index in [0.717, 1.165) is 25.1 Å². The largest absolute Gasteiger partial charge is 0.492 e. The van der Waals surface area contributed by atoms with Crippen LogP contribution in [0, 0.1) is 0 Å². The Labute approximate surface area is 145 Å². The molecule has 2 unspecified atom stereocenters. The number of nitrogens with one attached hydrogen (secondary N) is 1. The molecule has 1 amide bonds. The maximum atomic E-state index is 12.0. The van der Waals surface area contributed by atoms with E-state index in [-0.39, 0.29) is 24.4 Å². The Balaban J connectivity index is 0.00000264. The van der Waals surface area contributed by atoms with Gasteiger partial charge in [0.25, 0.3) is 0 Å². The minimum absolute atomic E-state index is 0. The van der Waals surface area contributed by atoms with Crippen molar-refractivity contribution >= 4 is 18.3 Å². The first-order chi connectivity index (χ1) is 10.7. The van der Waals surface area contributed by atoms with Crippen molar-refractivity contribution in [3.63, 3.8) is 0 Å². The molecule has 1 heterocycles. The third kappa shape index (κ3) is 6.77. The highest BCUT2D eigenvalue weighted by Crippen LogP contribution is 2.18. The standard InChI is InChI=1S/C17H27N3O2.ClH/c1-14(18)16-9-5-6-11-20(16)13-17(21)19-10-12-22-15-7-3-2-4-8-15;/h2-4,7-8,14,16H,5-6,9-13,18H2,1H3,(H,19,21);1H. The third-order valence-electron chi connectivity index (χ3n) is 4.05. The number of benzene rings is 1. The van der Waals surface area contributed by atoms with Crippen molar-refractivity contribution < 1.29 is 9.53 Å². The number of carbonyl (C=O) groups is 1. The quantitative estimate of drug-likeness (QED) is 0.742. The predicted octanol–water partition coefficient (Wildman–Crippen LogP) is 1.81. The molecule has 1 aromatic rings. The number of para-hydroxylation sites is 1. The first kappa shape index (κ1) is 19.7. The highest BCUT2D eigenvalue weighted by atomic mass is 35.5. The van der Waals surface area contributed by atoms with E-state index < -0.39 is 0 Å². The van der Waals surface area contributed by atoms with Gasteiger partial charge in [0.05, 0.1) is 13.1 Å². The molecule has 0 aromatic heterocycles. The fourth-order valence-corrected chi connectivity index (χ4v) is 2.92. The van der Waals surface area contributed by atoms with Gasteiger partial charge in [-0.05, 0) is 38.4 Å². The van der Waals surface area contributed by atoms with Crippen LogP contribution in [0.3, 0.4) is 0 Å². The second-order valence-electron chi connectivity index (χ2n) is 5.90.